The summed E-state index contributed by atoms with van der Waals surface area (Å²) in [5, 5.41) is 2.02. The Morgan fingerprint density at radius 2 is 2.75 bits per heavy atom. The predicted molar refractivity (Wildman–Crippen MR) is 41.6 cm³/mol. The quantitative estimate of drug-likeness (QED) is 0.428. The minimum Gasteiger partial charge on any atom is -0.224 e. The van der Waals surface area contributed by atoms with Gasteiger partial charge in [0.25, 0.3) is 0 Å². The van der Waals surface area contributed by atoms with E-state index in [9.17, 15) is 0 Å². The molecule has 0 N–H and O–H groups in total. The topological polar surface area (TPSA) is 12.4 Å². The molecule has 1 atom stereocenters. The van der Waals surface area contributed by atoms with Gasteiger partial charge in [0.2, 0.25) is 0 Å². The fourth-order valence-corrected chi connectivity index (χ4v) is 2.67. The highest BCUT2D eigenvalue weighted by Gasteiger charge is 1.94. The van der Waals surface area contributed by atoms with Crippen LogP contribution in [0.1, 0.15) is 0 Å². The lowest BCUT2D eigenvalue weighted by Crippen LogP contribution is -1.80. The summed E-state index contributed by atoms with van der Waals surface area (Å²) >= 11 is 0. The molecule has 0 bridgehead atoms. The normalized spacial score (nSPS) is 25.2. The lowest BCUT2D eigenvalue weighted by atomic mass is 10.8. The average Bonchev–Trinajstić information content (AvgIpc) is 2.19. The molecule has 8 heavy (non-hydrogen) atoms. The highest BCUT2D eigenvalue weighted by Crippen LogP contribution is 2.18. The molecule has 1 nitrogen and oxygen atoms in total. The molecule has 0 saturated carbocycles. The van der Waals surface area contributed by atoms with E-state index in [1.54, 1.807) is 10.8 Å². The molecule has 1 aliphatic rings. The van der Waals surface area contributed by atoms with E-state index >= 15 is 0 Å². The molecule has 0 radical (unpaired) electrons. The number of hydrogen-bond acceptors (Lipinski definition) is 2. The summed E-state index contributed by atoms with van der Waals surface area (Å²) in [5.41, 5.74) is 0. The minimum absolute atomic E-state index is 0.185. The van der Waals surface area contributed by atoms with Crippen molar-refractivity contribution in [2.45, 2.75) is 0 Å². The van der Waals surface area contributed by atoms with Gasteiger partial charge >= 0.3 is 0 Å². The molecule has 0 spiro atoms. The van der Waals surface area contributed by atoms with Gasteiger partial charge in [0.15, 0.2) is 0 Å². The second-order valence-electron chi connectivity index (χ2n) is 1.26. The summed E-state index contributed by atoms with van der Waals surface area (Å²) in [5.74, 6) is 1.01. The molecule has 1 rings (SSSR count). The first-order valence-electron chi connectivity index (χ1n) is 2.28. The Hall–Kier alpha value is -0.0200. The van der Waals surface area contributed by atoms with Crippen molar-refractivity contribution in [2.24, 2.45) is 4.36 Å². The van der Waals surface area contributed by atoms with Crippen molar-refractivity contribution < 1.29 is 0 Å². The zero-order valence-corrected chi connectivity index (χ0v) is 6.04. The van der Waals surface area contributed by atoms with Crippen LogP contribution in [0.3, 0.4) is 0 Å². The lowest BCUT2D eigenvalue weighted by Gasteiger charge is -1.89. The number of nitrogens with zero attached hydrogens (tertiary/aromatic N) is 1. The van der Waals surface area contributed by atoms with Crippen LogP contribution >= 0.6 is 10.8 Å². The van der Waals surface area contributed by atoms with Gasteiger partial charge in [0.1, 0.15) is 0 Å². The Kier molecular flexibility index (Phi) is 2.36. The third-order valence-corrected chi connectivity index (χ3v) is 3.67. The van der Waals surface area contributed by atoms with Crippen LogP contribution < -0.4 is 0 Å². The van der Waals surface area contributed by atoms with Gasteiger partial charge in [0, 0.05) is 17.4 Å². The van der Waals surface area contributed by atoms with E-state index in [0.717, 1.165) is 5.75 Å². The van der Waals surface area contributed by atoms with Crippen molar-refractivity contribution in [3.8, 4) is 0 Å². The number of rotatable bonds is 2. The van der Waals surface area contributed by atoms with Crippen molar-refractivity contribution in [3.63, 3.8) is 0 Å². The van der Waals surface area contributed by atoms with Crippen LogP contribution in [0, 0.1) is 0 Å². The molecule has 1 aliphatic heterocycles. The van der Waals surface area contributed by atoms with Gasteiger partial charge in [-0.15, -0.1) is 6.58 Å². The second kappa shape index (κ2) is 3.10. The SMILES string of the molecule is C=CCS1=NC=CS1. The monoisotopic (exact) mass is 145 g/mol. The van der Waals surface area contributed by atoms with E-state index in [4.69, 9.17) is 0 Å². The van der Waals surface area contributed by atoms with Gasteiger partial charge in [-0.3, -0.25) is 0 Å². The molecule has 0 fully saturated rings. The Labute approximate surface area is 55.4 Å². The first-order chi connectivity index (χ1) is 3.93. The zero-order valence-electron chi connectivity index (χ0n) is 4.41. The highest BCUT2D eigenvalue weighted by atomic mass is 33.1. The predicted octanol–water partition coefficient (Wildman–Crippen LogP) is 2.11. The fraction of sp³-hybridized carbons (Fsp3) is 0.200. The minimum atomic E-state index is 0.185. The van der Waals surface area contributed by atoms with Crippen molar-refractivity contribution in [3.05, 3.63) is 24.3 Å². The van der Waals surface area contributed by atoms with Crippen LogP contribution in [-0.4, -0.2) is 5.75 Å². The van der Waals surface area contributed by atoms with Crippen molar-refractivity contribution >= 4 is 20.5 Å². The summed E-state index contributed by atoms with van der Waals surface area (Å²) in [7, 11) is 1.96. The van der Waals surface area contributed by atoms with Gasteiger partial charge in [0.05, 0.1) is 0 Å². The van der Waals surface area contributed by atoms with E-state index in [1.165, 1.54) is 0 Å². The molecule has 3 heteroatoms. The summed E-state index contributed by atoms with van der Waals surface area (Å²) in [4.78, 5) is 0. The average molecular weight is 145 g/mol. The standard InChI is InChI=1S/C5H7NS2/c1-2-5-8-6-3-4-7-8/h2-4H,1,5H2. The van der Waals surface area contributed by atoms with Gasteiger partial charge < -0.3 is 0 Å². The van der Waals surface area contributed by atoms with Gasteiger partial charge in [-0.05, 0) is 9.72 Å². The molecule has 0 aromatic carbocycles. The highest BCUT2D eigenvalue weighted by molar-refractivity contribution is 8.71. The van der Waals surface area contributed by atoms with E-state index < -0.39 is 0 Å². The summed E-state index contributed by atoms with van der Waals surface area (Å²) in [6, 6.07) is 0. The summed E-state index contributed by atoms with van der Waals surface area (Å²) < 4.78 is 4.16. The Morgan fingerprint density at radius 1 is 1.88 bits per heavy atom. The smallest absolute Gasteiger partial charge is 0.0423 e. The Balaban J connectivity index is 2.39. The summed E-state index contributed by atoms with van der Waals surface area (Å²) in [6.45, 7) is 3.63. The molecule has 0 aliphatic carbocycles. The summed E-state index contributed by atoms with van der Waals surface area (Å²) in [6.07, 6.45) is 3.77. The molecule has 0 saturated heterocycles. The van der Waals surface area contributed by atoms with Crippen molar-refractivity contribution in [2.75, 3.05) is 5.75 Å². The molecule has 0 aromatic heterocycles. The third-order valence-electron chi connectivity index (χ3n) is 0.666. The Morgan fingerprint density at radius 3 is 3.25 bits per heavy atom. The van der Waals surface area contributed by atoms with Crippen LogP contribution in [-0.2, 0) is 9.72 Å². The van der Waals surface area contributed by atoms with E-state index in [0.29, 0.717) is 0 Å². The molecule has 0 amide bonds. The molecular formula is C5H7NS2. The first-order valence-corrected chi connectivity index (χ1v) is 5.03. The van der Waals surface area contributed by atoms with Crippen molar-refractivity contribution in [1.82, 2.24) is 0 Å². The third kappa shape index (κ3) is 1.49. The Bertz CT molecular complexity index is 149. The van der Waals surface area contributed by atoms with Crippen LogP contribution in [0.2, 0.25) is 0 Å². The zero-order chi connectivity index (χ0) is 5.82. The maximum Gasteiger partial charge on any atom is 0.0423 e. The number of hydrogen-bond donors (Lipinski definition) is 0. The van der Waals surface area contributed by atoms with E-state index in [2.05, 4.69) is 10.9 Å². The molecule has 44 valence electrons. The molecule has 0 aromatic rings. The maximum absolute atomic E-state index is 4.16. The molecule has 1 heterocycles. The van der Waals surface area contributed by atoms with Gasteiger partial charge in [-0.25, -0.2) is 4.36 Å². The largest absolute Gasteiger partial charge is 0.224 e. The fourth-order valence-electron chi connectivity index (χ4n) is 0.390. The van der Waals surface area contributed by atoms with E-state index in [-0.39, 0.29) is 9.72 Å². The van der Waals surface area contributed by atoms with Crippen LogP contribution in [0.5, 0.6) is 0 Å². The van der Waals surface area contributed by atoms with Gasteiger partial charge in [-0.1, -0.05) is 16.9 Å². The second-order valence-corrected chi connectivity index (χ2v) is 4.65. The first kappa shape index (κ1) is 6.11. The maximum atomic E-state index is 4.16. The van der Waals surface area contributed by atoms with Crippen LogP contribution in [0.25, 0.3) is 0 Å². The lowest BCUT2D eigenvalue weighted by molar-refractivity contribution is 1.66. The van der Waals surface area contributed by atoms with Crippen LogP contribution in [0.15, 0.2) is 28.6 Å². The van der Waals surface area contributed by atoms with E-state index in [1.807, 2.05) is 17.7 Å². The van der Waals surface area contributed by atoms with Gasteiger partial charge in [-0.2, -0.15) is 0 Å². The van der Waals surface area contributed by atoms with Crippen molar-refractivity contribution in [1.29, 1.82) is 0 Å². The van der Waals surface area contributed by atoms with Crippen LogP contribution in [0.4, 0.5) is 0 Å². The molecular weight excluding hydrogens is 138 g/mol. The molecule has 1 unspecified atom stereocenters.